The fourth-order valence-corrected chi connectivity index (χ4v) is 3.11. The summed E-state index contributed by atoms with van der Waals surface area (Å²) in [6, 6.07) is 6.33. The minimum absolute atomic E-state index is 0.206. The van der Waals surface area contributed by atoms with Gasteiger partial charge in [-0.25, -0.2) is 14.2 Å². The third kappa shape index (κ3) is 4.10. The van der Waals surface area contributed by atoms with Gasteiger partial charge in [0.1, 0.15) is 11.9 Å². The van der Waals surface area contributed by atoms with Crippen LogP contribution in [0.15, 0.2) is 49.2 Å². The lowest BCUT2D eigenvalue weighted by Gasteiger charge is -2.14. The Morgan fingerprint density at radius 3 is 3.00 bits per heavy atom. The van der Waals surface area contributed by atoms with Crippen molar-refractivity contribution in [2.24, 2.45) is 0 Å². The van der Waals surface area contributed by atoms with E-state index < -0.39 is 18.0 Å². The number of hydrogen-bond acceptors (Lipinski definition) is 5. The van der Waals surface area contributed by atoms with Gasteiger partial charge < -0.3 is 14.6 Å². The number of rotatable bonds is 6. The molecule has 1 saturated heterocycles. The molecule has 150 valence electrons. The average molecular weight is 398 g/mol. The fourth-order valence-electron chi connectivity index (χ4n) is 3.11. The highest BCUT2D eigenvalue weighted by Crippen LogP contribution is 2.25. The lowest BCUT2D eigenvalue weighted by molar-refractivity contribution is -0.119. The van der Waals surface area contributed by atoms with Gasteiger partial charge >= 0.3 is 6.09 Å². The topological polar surface area (TPSA) is 94.3 Å². The summed E-state index contributed by atoms with van der Waals surface area (Å²) in [7, 11) is 0. The Balaban J connectivity index is 1.48. The van der Waals surface area contributed by atoms with Crippen LogP contribution in [0, 0.1) is 5.82 Å². The summed E-state index contributed by atoms with van der Waals surface area (Å²) in [5, 5.41) is 6.73. The number of anilines is 1. The first-order valence-corrected chi connectivity index (χ1v) is 9.02. The quantitative estimate of drug-likeness (QED) is 0.682. The molecular formula is C19H19FN6O3. The van der Waals surface area contributed by atoms with E-state index in [9.17, 15) is 14.0 Å². The number of aromatic nitrogens is 4. The lowest BCUT2D eigenvalue weighted by Crippen LogP contribution is -2.33. The van der Waals surface area contributed by atoms with Crippen molar-refractivity contribution in [2.75, 3.05) is 18.0 Å². The molecule has 1 fully saturated rings. The molecule has 1 aliphatic rings. The summed E-state index contributed by atoms with van der Waals surface area (Å²) in [5.74, 6) is -0.703. The Bertz CT molecular complexity index is 1030. The molecule has 4 rings (SSSR count). The third-order valence-corrected chi connectivity index (χ3v) is 4.49. The summed E-state index contributed by atoms with van der Waals surface area (Å²) >= 11 is 0. The van der Waals surface area contributed by atoms with Crippen LogP contribution in [0.1, 0.15) is 12.6 Å². The van der Waals surface area contributed by atoms with Crippen LogP contribution in [-0.2, 0) is 16.1 Å². The normalized spacial score (nSPS) is 16.1. The molecule has 1 aliphatic heterocycles. The van der Waals surface area contributed by atoms with Crippen molar-refractivity contribution in [3.63, 3.8) is 0 Å². The van der Waals surface area contributed by atoms with E-state index in [1.54, 1.807) is 33.8 Å². The van der Waals surface area contributed by atoms with Gasteiger partial charge in [0.25, 0.3) is 0 Å². The summed E-state index contributed by atoms with van der Waals surface area (Å²) < 4.78 is 23.3. The maximum atomic E-state index is 14.8. The number of ether oxygens (including phenoxy) is 1. The molecule has 2 aromatic heterocycles. The predicted octanol–water partition coefficient (Wildman–Crippen LogP) is 1.72. The Morgan fingerprint density at radius 1 is 1.41 bits per heavy atom. The average Bonchev–Trinajstić information content (AvgIpc) is 3.42. The van der Waals surface area contributed by atoms with Gasteiger partial charge in [-0.2, -0.15) is 5.10 Å². The Hall–Kier alpha value is -3.69. The first-order chi connectivity index (χ1) is 14.0. The molecule has 29 heavy (non-hydrogen) atoms. The zero-order valence-corrected chi connectivity index (χ0v) is 15.7. The Kier molecular flexibility index (Phi) is 4.98. The van der Waals surface area contributed by atoms with Crippen LogP contribution >= 0.6 is 0 Å². The molecule has 1 atom stereocenters. The first kappa shape index (κ1) is 18.7. The van der Waals surface area contributed by atoms with Gasteiger partial charge in [0.05, 0.1) is 43.0 Å². The van der Waals surface area contributed by atoms with Crippen LogP contribution in [0.25, 0.3) is 5.69 Å². The van der Waals surface area contributed by atoms with E-state index >= 15 is 0 Å². The number of benzene rings is 1. The van der Waals surface area contributed by atoms with Crippen molar-refractivity contribution in [2.45, 2.75) is 19.6 Å². The minimum Gasteiger partial charge on any atom is -0.442 e. The van der Waals surface area contributed by atoms with Crippen molar-refractivity contribution in [3.8, 4) is 5.69 Å². The number of amides is 2. The number of nitrogens with one attached hydrogen (secondary N) is 1. The van der Waals surface area contributed by atoms with E-state index in [-0.39, 0.29) is 19.0 Å². The second kappa shape index (κ2) is 7.74. The van der Waals surface area contributed by atoms with E-state index in [4.69, 9.17) is 4.74 Å². The molecule has 1 aromatic carbocycles. The molecule has 0 saturated carbocycles. The van der Waals surface area contributed by atoms with Crippen LogP contribution < -0.4 is 10.2 Å². The number of imidazole rings is 1. The Labute approximate surface area is 165 Å². The van der Waals surface area contributed by atoms with Crippen molar-refractivity contribution in [3.05, 3.63) is 60.7 Å². The smallest absolute Gasteiger partial charge is 0.414 e. The largest absolute Gasteiger partial charge is 0.442 e. The Morgan fingerprint density at radius 2 is 2.28 bits per heavy atom. The fraction of sp³-hybridized carbons (Fsp3) is 0.263. The van der Waals surface area contributed by atoms with Gasteiger partial charge in [0, 0.05) is 25.5 Å². The van der Waals surface area contributed by atoms with Gasteiger partial charge in [-0.05, 0) is 24.3 Å². The van der Waals surface area contributed by atoms with Crippen molar-refractivity contribution >= 4 is 17.7 Å². The van der Waals surface area contributed by atoms with E-state index in [1.807, 2.05) is 12.3 Å². The highest BCUT2D eigenvalue weighted by molar-refractivity contribution is 5.90. The number of hydrogen-bond donors (Lipinski definition) is 1. The number of cyclic esters (lactones) is 1. The molecule has 0 spiro atoms. The summed E-state index contributed by atoms with van der Waals surface area (Å²) in [5.41, 5.74) is 1.44. The highest BCUT2D eigenvalue weighted by Gasteiger charge is 2.32. The molecule has 1 N–H and O–H groups in total. The van der Waals surface area contributed by atoms with Gasteiger partial charge in [-0.15, -0.1) is 0 Å². The third-order valence-electron chi connectivity index (χ3n) is 4.49. The maximum absolute atomic E-state index is 14.8. The van der Waals surface area contributed by atoms with Crippen LogP contribution in [0.3, 0.4) is 0 Å². The van der Waals surface area contributed by atoms with Gasteiger partial charge in [0.2, 0.25) is 5.91 Å². The molecular weight excluding hydrogens is 379 g/mol. The zero-order chi connectivity index (χ0) is 20.4. The minimum atomic E-state index is -0.573. The second-order valence-corrected chi connectivity index (χ2v) is 6.67. The molecule has 3 heterocycles. The zero-order valence-electron chi connectivity index (χ0n) is 15.7. The number of carbonyl (C=O) groups excluding carboxylic acids is 2. The molecule has 0 radical (unpaired) electrons. The predicted molar refractivity (Wildman–Crippen MR) is 101 cm³/mol. The summed E-state index contributed by atoms with van der Waals surface area (Å²) in [6.45, 7) is 2.32. The molecule has 9 nitrogen and oxygen atoms in total. The van der Waals surface area contributed by atoms with Crippen molar-refractivity contribution in [1.82, 2.24) is 24.6 Å². The number of nitrogens with zero attached hydrogens (tertiary/aromatic N) is 5. The van der Waals surface area contributed by atoms with E-state index in [0.29, 0.717) is 17.9 Å². The van der Waals surface area contributed by atoms with Crippen LogP contribution in [-0.4, -0.2) is 50.5 Å². The molecule has 0 aliphatic carbocycles. The molecule has 3 aromatic rings. The highest BCUT2D eigenvalue weighted by atomic mass is 19.1. The summed E-state index contributed by atoms with van der Waals surface area (Å²) in [6.07, 6.45) is 5.71. The number of halogens is 1. The monoisotopic (exact) mass is 398 g/mol. The first-order valence-electron chi connectivity index (χ1n) is 9.02. The van der Waals surface area contributed by atoms with Crippen molar-refractivity contribution in [1.29, 1.82) is 0 Å². The molecule has 2 amide bonds. The standard InChI is InChI=1S/C19H19FN6O3/c1-13(27)21-8-16-11-26(19(28)29-16)15-3-4-18(17(20)7-15)24-9-14(22-12-24)10-25-6-2-5-23-25/h2-7,9,12,16H,8,10-11H2,1H3,(H,21,27)/t16-/m0/s1. The molecule has 10 heteroatoms. The van der Waals surface area contributed by atoms with Gasteiger partial charge in [0.15, 0.2) is 0 Å². The van der Waals surface area contributed by atoms with E-state index in [1.165, 1.54) is 24.2 Å². The summed E-state index contributed by atoms with van der Waals surface area (Å²) in [4.78, 5) is 28.7. The second-order valence-electron chi connectivity index (χ2n) is 6.67. The molecule has 0 unspecified atom stereocenters. The van der Waals surface area contributed by atoms with Gasteiger partial charge in [-0.3, -0.25) is 14.4 Å². The van der Waals surface area contributed by atoms with E-state index in [2.05, 4.69) is 15.4 Å². The maximum Gasteiger partial charge on any atom is 0.414 e. The SMILES string of the molecule is CC(=O)NC[C@H]1CN(c2ccc(-n3cnc(Cn4cccn4)c3)c(F)c2)C(=O)O1. The van der Waals surface area contributed by atoms with Crippen LogP contribution in [0.2, 0.25) is 0 Å². The van der Waals surface area contributed by atoms with Crippen LogP contribution in [0.4, 0.5) is 14.9 Å². The van der Waals surface area contributed by atoms with Gasteiger partial charge in [-0.1, -0.05) is 0 Å². The van der Waals surface area contributed by atoms with Crippen LogP contribution in [0.5, 0.6) is 0 Å². The van der Waals surface area contributed by atoms with Crippen molar-refractivity contribution < 1.29 is 18.7 Å². The number of carbonyl (C=O) groups is 2. The lowest BCUT2D eigenvalue weighted by atomic mass is 10.2. The molecule has 0 bridgehead atoms. The van der Waals surface area contributed by atoms with E-state index in [0.717, 1.165) is 5.69 Å².